The molecule has 0 atom stereocenters. The zero-order valence-corrected chi connectivity index (χ0v) is 22.1. The van der Waals surface area contributed by atoms with Crippen LogP contribution in [0.5, 0.6) is 0 Å². The van der Waals surface area contributed by atoms with Crippen molar-refractivity contribution in [3.8, 4) is 0 Å². The number of nitrogens with zero attached hydrogens (tertiary/aromatic N) is 2. The first kappa shape index (κ1) is 26.6. The lowest BCUT2D eigenvalue weighted by molar-refractivity contribution is -0.136. The highest BCUT2D eigenvalue weighted by atomic mass is 16.3. The number of rotatable bonds is 8. The number of nitrogens with one attached hydrogen (secondary N) is 1. The number of hydrogen-bond acceptors (Lipinski definition) is 3. The largest absolute Gasteiger partial charge is 0.372 e. The average Bonchev–Trinajstić information content (AvgIpc) is 2.92. The number of likely N-dealkylation sites (tertiary alicyclic amines) is 1. The van der Waals surface area contributed by atoms with Crippen LogP contribution >= 0.6 is 0 Å². The van der Waals surface area contributed by atoms with Crippen molar-refractivity contribution in [2.24, 2.45) is 0 Å². The number of aryl methyl sites for hydroxylation is 3. The van der Waals surface area contributed by atoms with Gasteiger partial charge < -0.3 is 20.2 Å². The molecule has 0 radical (unpaired) electrons. The fourth-order valence-corrected chi connectivity index (χ4v) is 5.33. The lowest BCUT2D eigenvalue weighted by Crippen LogP contribution is -2.46. The summed E-state index contributed by atoms with van der Waals surface area (Å²) < 4.78 is 0. The zero-order chi connectivity index (χ0) is 26.5. The summed E-state index contributed by atoms with van der Waals surface area (Å²) in [5.74, 6) is -0.412. The molecule has 5 nitrogen and oxygen atoms in total. The van der Waals surface area contributed by atoms with E-state index >= 15 is 0 Å². The maximum Gasteiger partial charge on any atom is 0.261 e. The van der Waals surface area contributed by atoms with Gasteiger partial charge in [-0.3, -0.25) is 4.79 Å². The van der Waals surface area contributed by atoms with Gasteiger partial charge in [0.15, 0.2) is 5.60 Å². The highest BCUT2D eigenvalue weighted by Gasteiger charge is 2.43. The Kier molecular flexibility index (Phi) is 8.12. The van der Waals surface area contributed by atoms with Crippen molar-refractivity contribution in [2.75, 3.05) is 26.2 Å². The second-order valence-electron chi connectivity index (χ2n) is 10.4. The van der Waals surface area contributed by atoms with E-state index in [9.17, 15) is 9.90 Å². The molecule has 1 saturated heterocycles. The summed E-state index contributed by atoms with van der Waals surface area (Å²) in [5.41, 5.74) is 3.41. The molecular formula is C32H37N3O2. The minimum atomic E-state index is -1.75. The van der Waals surface area contributed by atoms with Gasteiger partial charge in [0, 0.05) is 38.0 Å². The molecule has 192 valence electrons. The molecule has 0 saturated carbocycles. The maximum absolute atomic E-state index is 13.4. The molecule has 1 fully saturated rings. The van der Waals surface area contributed by atoms with Gasteiger partial charge in [0.25, 0.3) is 11.4 Å². The Morgan fingerprint density at radius 1 is 0.946 bits per heavy atom. The lowest BCUT2D eigenvalue weighted by atomic mass is 9.79. The van der Waals surface area contributed by atoms with E-state index in [1.165, 1.54) is 5.56 Å². The number of carbonyl (C=O) groups excluding carboxylic acids is 1. The number of hydrogen-bond donors (Lipinski definition) is 2. The second-order valence-corrected chi connectivity index (χ2v) is 10.4. The van der Waals surface area contributed by atoms with E-state index in [0.717, 1.165) is 55.6 Å². The number of amides is 1. The Hall–Kier alpha value is -3.46. The predicted octanol–water partition coefficient (Wildman–Crippen LogP) is 5.26. The molecule has 1 amide bonds. The molecule has 1 heterocycles. The van der Waals surface area contributed by atoms with E-state index < -0.39 is 17.0 Å². The fraction of sp³-hybridized carbons (Fsp3) is 0.375. The van der Waals surface area contributed by atoms with Gasteiger partial charge in [-0.1, -0.05) is 83.9 Å². The van der Waals surface area contributed by atoms with Crippen LogP contribution in [0.3, 0.4) is 0 Å². The Morgan fingerprint density at radius 3 is 2.00 bits per heavy atom. The molecule has 0 aromatic heterocycles. The van der Waals surface area contributed by atoms with Gasteiger partial charge in [0.1, 0.15) is 0 Å². The summed E-state index contributed by atoms with van der Waals surface area (Å²) in [4.78, 5) is 19.9. The van der Waals surface area contributed by atoms with Crippen molar-refractivity contribution < 1.29 is 9.90 Å². The van der Waals surface area contributed by atoms with E-state index in [2.05, 4.69) is 34.1 Å². The van der Waals surface area contributed by atoms with Crippen molar-refractivity contribution in [1.29, 1.82) is 0 Å². The predicted molar refractivity (Wildman–Crippen MR) is 148 cm³/mol. The SMILES string of the molecule is [C-]#[N+]C1(c2ccccc2C)CCN(CCCNC(=O)C(O)(c2ccc(C)cc2)c2ccc(C)cc2)CC1. The van der Waals surface area contributed by atoms with Gasteiger partial charge >= 0.3 is 0 Å². The van der Waals surface area contributed by atoms with Gasteiger partial charge in [-0.25, -0.2) is 6.57 Å². The highest BCUT2D eigenvalue weighted by molar-refractivity contribution is 5.90. The monoisotopic (exact) mass is 495 g/mol. The number of aliphatic hydroxyl groups is 1. The summed E-state index contributed by atoms with van der Waals surface area (Å²) in [6, 6.07) is 23.2. The second kappa shape index (κ2) is 11.3. The molecule has 1 aliphatic heterocycles. The van der Waals surface area contributed by atoms with Crippen molar-refractivity contribution in [3.05, 3.63) is 118 Å². The van der Waals surface area contributed by atoms with Crippen molar-refractivity contribution >= 4 is 5.91 Å². The molecule has 0 spiro atoms. The Balaban J connectivity index is 1.36. The van der Waals surface area contributed by atoms with Gasteiger partial charge in [-0.05, 0) is 50.4 Å². The van der Waals surface area contributed by atoms with Gasteiger partial charge in [-0.15, -0.1) is 0 Å². The number of benzene rings is 3. The molecular weight excluding hydrogens is 458 g/mol. The summed E-state index contributed by atoms with van der Waals surface area (Å²) in [5, 5.41) is 14.7. The van der Waals surface area contributed by atoms with Gasteiger partial charge in [0.2, 0.25) is 0 Å². The Labute approximate surface area is 221 Å². The van der Waals surface area contributed by atoms with Crippen molar-refractivity contribution in [1.82, 2.24) is 10.2 Å². The topological polar surface area (TPSA) is 56.9 Å². The first-order valence-corrected chi connectivity index (χ1v) is 13.1. The molecule has 0 aliphatic carbocycles. The Bertz CT molecular complexity index is 1200. The molecule has 0 unspecified atom stereocenters. The normalized spacial score (nSPS) is 15.6. The molecule has 0 bridgehead atoms. The molecule has 2 N–H and O–H groups in total. The van der Waals surface area contributed by atoms with Crippen LogP contribution in [0.15, 0.2) is 72.8 Å². The van der Waals surface area contributed by atoms with E-state index in [1.807, 2.05) is 74.5 Å². The van der Waals surface area contributed by atoms with Crippen LogP contribution in [0.2, 0.25) is 0 Å². The molecule has 37 heavy (non-hydrogen) atoms. The third-order valence-corrected chi connectivity index (χ3v) is 7.75. The van der Waals surface area contributed by atoms with Crippen LogP contribution in [0.1, 0.15) is 52.6 Å². The van der Waals surface area contributed by atoms with Gasteiger partial charge in [0.05, 0.1) is 0 Å². The van der Waals surface area contributed by atoms with E-state index in [4.69, 9.17) is 6.57 Å². The van der Waals surface area contributed by atoms with E-state index in [-0.39, 0.29) is 0 Å². The van der Waals surface area contributed by atoms with Crippen LogP contribution in [-0.2, 0) is 15.9 Å². The maximum atomic E-state index is 13.4. The minimum absolute atomic E-state index is 0.412. The summed E-state index contributed by atoms with van der Waals surface area (Å²) in [6.07, 6.45) is 2.40. The summed E-state index contributed by atoms with van der Waals surface area (Å²) in [7, 11) is 0. The zero-order valence-electron chi connectivity index (χ0n) is 22.1. The first-order valence-electron chi connectivity index (χ1n) is 13.1. The summed E-state index contributed by atoms with van der Waals surface area (Å²) >= 11 is 0. The van der Waals surface area contributed by atoms with E-state index in [0.29, 0.717) is 17.7 Å². The molecule has 3 aromatic carbocycles. The van der Waals surface area contributed by atoms with Crippen molar-refractivity contribution in [2.45, 2.75) is 51.2 Å². The lowest BCUT2D eigenvalue weighted by Gasteiger charge is -2.35. The first-order chi connectivity index (χ1) is 17.8. The molecule has 3 aromatic rings. The average molecular weight is 496 g/mol. The standard InChI is InChI=1S/C32H37N3O2/c1-24-10-14-27(15-11-24)32(37,28-16-12-25(2)13-17-28)30(36)34-20-7-21-35-22-18-31(33-4,19-23-35)29-9-6-5-8-26(29)3/h5-6,8-17,37H,7,18-23H2,1-3H3,(H,34,36). The number of piperidine rings is 1. The quantitative estimate of drug-likeness (QED) is 0.331. The van der Waals surface area contributed by atoms with Gasteiger partial charge in [-0.2, -0.15) is 0 Å². The minimum Gasteiger partial charge on any atom is -0.372 e. The fourth-order valence-electron chi connectivity index (χ4n) is 5.33. The van der Waals surface area contributed by atoms with E-state index in [1.54, 1.807) is 0 Å². The smallest absolute Gasteiger partial charge is 0.261 e. The van der Waals surface area contributed by atoms with Crippen LogP contribution < -0.4 is 5.32 Å². The molecule has 5 heteroatoms. The summed E-state index contributed by atoms with van der Waals surface area (Å²) in [6.45, 7) is 17.0. The highest BCUT2D eigenvalue weighted by Crippen LogP contribution is 2.38. The third kappa shape index (κ3) is 5.61. The van der Waals surface area contributed by atoms with Crippen LogP contribution in [-0.4, -0.2) is 42.1 Å². The Morgan fingerprint density at radius 2 is 1.49 bits per heavy atom. The number of carbonyl (C=O) groups is 1. The van der Waals surface area contributed by atoms with Crippen LogP contribution in [0, 0.1) is 27.3 Å². The van der Waals surface area contributed by atoms with Crippen LogP contribution in [0.4, 0.5) is 0 Å². The van der Waals surface area contributed by atoms with Crippen molar-refractivity contribution in [3.63, 3.8) is 0 Å². The molecule has 1 aliphatic rings. The third-order valence-electron chi connectivity index (χ3n) is 7.75. The molecule has 4 rings (SSSR count). The van der Waals surface area contributed by atoms with Crippen LogP contribution in [0.25, 0.3) is 4.85 Å².